The molecule has 0 aliphatic carbocycles. The van der Waals surface area contributed by atoms with Gasteiger partial charge in [-0.3, -0.25) is 14.3 Å². The van der Waals surface area contributed by atoms with E-state index in [2.05, 4.69) is 11.6 Å². The lowest BCUT2D eigenvalue weighted by Crippen LogP contribution is -2.33. The first-order valence-corrected chi connectivity index (χ1v) is 6.46. The van der Waals surface area contributed by atoms with Crippen molar-refractivity contribution in [3.8, 4) is 0 Å². The van der Waals surface area contributed by atoms with Gasteiger partial charge in [0.15, 0.2) is 0 Å². The highest BCUT2D eigenvalue weighted by Crippen LogP contribution is 2.26. The second kappa shape index (κ2) is 6.02. The third-order valence-corrected chi connectivity index (χ3v) is 3.14. The molecule has 1 aromatic rings. The average Bonchev–Trinajstić information content (AvgIpc) is 2.86. The van der Waals surface area contributed by atoms with Gasteiger partial charge in [0, 0.05) is 6.20 Å². The van der Waals surface area contributed by atoms with Gasteiger partial charge in [0.25, 0.3) is 5.56 Å². The molecule has 0 saturated carbocycles. The zero-order valence-electron chi connectivity index (χ0n) is 11.3. The Morgan fingerprint density at radius 1 is 1.60 bits per heavy atom. The summed E-state index contributed by atoms with van der Waals surface area (Å²) in [5, 5.41) is 9.05. The van der Waals surface area contributed by atoms with Crippen molar-refractivity contribution in [2.45, 2.75) is 32.1 Å². The minimum Gasteiger partial charge on any atom is -0.394 e. The predicted molar refractivity (Wildman–Crippen MR) is 75.4 cm³/mol. The number of nitrogens with one attached hydrogen (secondary N) is 1. The van der Waals surface area contributed by atoms with Gasteiger partial charge in [-0.15, -0.1) is 0 Å². The van der Waals surface area contributed by atoms with Crippen molar-refractivity contribution in [2.75, 3.05) is 6.61 Å². The quantitative estimate of drug-likeness (QED) is 0.798. The molecule has 108 valence electrons. The molecule has 1 aliphatic rings. The van der Waals surface area contributed by atoms with Crippen molar-refractivity contribution in [1.82, 2.24) is 9.55 Å². The third kappa shape index (κ3) is 3.15. The molecular formula is C14H18N2O4. The topological polar surface area (TPSA) is 84.3 Å². The molecule has 1 fully saturated rings. The van der Waals surface area contributed by atoms with Gasteiger partial charge in [-0.05, 0) is 25.8 Å². The van der Waals surface area contributed by atoms with E-state index in [1.165, 1.54) is 10.8 Å². The molecule has 20 heavy (non-hydrogen) atoms. The van der Waals surface area contributed by atoms with Crippen LogP contribution in [0.25, 0.3) is 6.08 Å². The summed E-state index contributed by atoms with van der Waals surface area (Å²) in [5.74, 6) is 0. The van der Waals surface area contributed by atoms with Crippen LogP contribution in [0.1, 0.15) is 31.6 Å². The molecule has 0 spiro atoms. The van der Waals surface area contributed by atoms with Gasteiger partial charge in [-0.1, -0.05) is 18.2 Å². The summed E-state index contributed by atoms with van der Waals surface area (Å²) in [7, 11) is 0. The van der Waals surface area contributed by atoms with Crippen LogP contribution < -0.4 is 11.2 Å². The van der Waals surface area contributed by atoms with Gasteiger partial charge < -0.3 is 9.84 Å². The zero-order valence-corrected chi connectivity index (χ0v) is 11.3. The summed E-state index contributed by atoms with van der Waals surface area (Å²) in [4.78, 5) is 25.8. The number of nitrogens with zero attached hydrogens (tertiary/aromatic N) is 1. The van der Waals surface area contributed by atoms with Crippen LogP contribution >= 0.6 is 0 Å². The van der Waals surface area contributed by atoms with Crippen LogP contribution in [0.5, 0.6) is 0 Å². The summed E-state index contributed by atoms with van der Waals surface area (Å²) >= 11 is 0. The van der Waals surface area contributed by atoms with Crippen LogP contribution in [0.3, 0.4) is 0 Å². The molecule has 0 unspecified atom stereocenters. The number of hydrogen-bond donors (Lipinski definition) is 2. The predicted octanol–water partition coefficient (Wildman–Crippen LogP) is 0.796. The van der Waals surface area contributed by atoms with Gasteiger partial charge in [0.1, 0.15) is 6.23 Å². The number of allylic oxidation sites excluding steroid dienone is 2. The van der Waals surface area contributed by atoms with Crippen LogP contribution in [0.15, 0.2) is 34.0 Å². The second-order valence-corrected chi connectivity index (χ2v) is 4.90. The zero-order chi connectivity index (χ0) is 14.7. The number of rotatable bonds is 4. The summed E-state index contributed by atoms with van der Waals surface area (Å²) in [6, 6.07) is 0. The second-order valence-electron chi connectivity index (χ2n) is 4.90. The molecule has 1 aromatic heterocycles. The fraction of sp³-hybridized carbons (Fsp3) is 0.429. The molecule has 0 aromatic carbocycles. The Balaban J connectivity index is 2.34. The maximum Gasteiger partial charge on any atom is 0.330 e. The SMILES string of the molecule is C=C(C)/C=C/c1cn([C@H]2CC[C@@H](CO)O2)c(=O)[nH]c1=O. The largest absolute Gasteiger partial charge is 0.394 e. The van der Waals surface area contributed by atoms with Gasteiger partial charge in [-0.25, -0.2) is 4.79 Å². The molecule has 2 atom stereocenters. The average molecular weight is 278 g/mol. The Labute approximate surface area is 116 Å². The minimum atomic E-state index is -0.508. The lowest BCUT2D eigenvalue weighted by atomic mass is 10.2. The molecule has 2 heterocycles. The molecule has 1 aliphatic heterocycles. The lowest BCUT2D eigenvalue weighted by Gasteiger charge is -2.15. The first kappa shape index (κ1) is 14.5. The van der Waals surface area contributed by atoms with E-state index < -0.39 is 17.5 Å². The van der Waals surface area contributed by atoms with Crippen molar-refractivity contribution < 1.29 is 9.84 Å². The molecule has 0 amide bonds. The monoisotopic (exact) mass is 278 g/mol. The van der Waals surface area contributed by atoms with E-state index in [9.17, 15) is 9.59 Å². The van der Waals surface area contributed by atoms with Gasteiger partial charge in [0.2, 0.25) is 0 Å². The number of ether oxygens (including phenoxy) is 1. The minimum absolute atomic E-state index is 0.0724. The highest BCUT2D eigenvalue weighted by Gasteiger charge is 2.26. The van der Waals surface area contributed by atoms with E-state index in [0.717, 1.165) is 5.57 Å². The first-order chi connectivity index (χ1) is 9.51. The molecule has 2 rings (SSSR count). The molecule has 6 heteroatoms. The Hall–Kier alpha value is -1.92. The smallest absolute Gasteiger partial charge is 0.330 e. The van der Waals surface area contributed by atoms with Crippen molar-refractivity contribution in [1.29, 1.82) is 0 Å². The number of aromatic nitrogens is 2. The van der Waals surface area contributed by atoms with Gasteiger partial charge in [-0.2, -0.15) is 0 Å². The number of hydrogen-bond acceptors (Lipinski definition) is 4. The summed E-state index contributed by atoms with van der Waals surface area (Å²) < 4.78 is 6.90. The van der Waals surface area contributed by atoms with Crippen LogP contribution in [0, 0.1) is 0 Å². The highest BCUT2D eigenvalue weighted by molar-refractivity contribution is 5.50. The Morgan fingerprint density at radius 3 is 2.95 bits per heavy atom. The van der Waals surface area contributed by atoms with E-state index >= 15 is 0 Å². The van der Waals surface area contributed by atoms with Crippen LogP contribution in [-0.2, 0) is 4.74 Å². The fourth-order valence-electron chi connectivity index (χ4n) is 2.09. The van der Waals surface area contributed by atoms with Crippen LogP contribution in [-0.4, -0.2) is 27.4 Å². The highest BCUT2D eigenvalue weighted by atomic mass is 16.5. The fourth-order valence-corrected chi connectivity index (χ4v) is 2.09. The summed E-state index contributed by atoms with van der Waals surface area (Å²) in [6.45, 7) is 5.46. The molecule has 1 saturated heterocycles. The van der Waals surface area contributed by atoms with Gasteiger partial charge in [0.05, 0.1) is 18.3 Å². The van der Waals surface area contributed by atoms with E-state index in [-0.39, 0.29) is 12.7 Å². The maximum absolute atomic E-state index is 11.8. The van der Waals surface area contributed by atoms with Crippen molar-refractivity contribution in [3.63, 3.8) is 0 Å². The summed E-state index contributed by atoms with van der Waals surface area (Å²) in [5.41, 5.74) is 0.217. The van der Waals surface area contributed by atoms with E-state index in [1.54, 1.807) is 12.2 Å². The Kier molecular flexibility index (Phi) is 4.36. The molecule has 2 N–H and O–H groups in total. The van der Waals surface area contributed by atoms with E-state index in [4.69, 9.17) is 9.84 Å². The molecule has 0 radical (unpaired) electrons. The number of aliphatic hydroxyl groups excluding tert-OH is 1. The number of aliphatic hydroxyl groups is 1. The first-order valence-electron chi connectivity index (χ1n) is 6.46. The maximum atomic E-state index is 11.8. The third-order valence-electron chi connectivity index (χ3n) is 3.14. The standard InChI is InChI=1S/C14H18N2O4/c1-9(2)3-4-10-7-16(14(19)15-13(10)18)12-6-5-11(8-17)20-12/h3-4,7,11-12,17H,1,5-6,8H2,2H3,(H,15,18,19)/b4-3+/t11-,12+/m0/s1. The Morgan fingerprint density at radius 2 is 2.35 bits per heavy atom. The molecule has 0 bridgehead atoms. The van der Waals surface area contributed by atoms with Crippen molar-refractivity contribution in [3.05, 3.63) is 50.8 Å². The molecule has 6 nitrogen and oxygen atoms in total. The van der Waals surface area contributed by atoms with Crippen LogP contribution in [0.4, 0.5) is 0 Å². The Bertz CT molecular complexity index is 641. The number of aromatic amines is 1. The summed E-state index contributed by atoms with van der Waals surface area (Å²) in [6.07, 6.45) is 5.39. The normalized spacial score (nSPS) is 22.5. The van der Waals surface area contributed by atoms with E-state index in [0.29, 0.717) is 18.4 Å². The van der Waals surface area contributed by atoms with Gasteiger partial charge >= 0.3 is 5.69 Å². The van der Waals surface area contributed by atoms with Crippen molar-refractivity contribution >= 4 is 6.08 Å². The van der Waals surface area contributed by atoms with E-state index in [1.807, 2.05) is 6.92 Å². The molecular weight excluding hydrogens is 260 g/mol. The lowest BCUT2D eigenvalue weighted by molar-refractivity contribution is -0.0246. The van der Waals surface area contributed by atoms with Crippen molar-refractivity contribution in [2.24, 2.45) is 0 Å². The number of H-pyrrole nitrogens is 1. The van der Waals surface area contributed by atoms with Crippen LogP contribution in [0.2, 0.25) is 0 Å².